The molecule has 1 heterocycles. The molecule has 0 bridgehead atoms. The topological polar surface area (TPSA) is 54.7 Å². The molecule has 0 radical (unpaired) electrons. The number of benzene rings is 2. The van der Waals surface area contributed by atoms with Crippen LogP contribution in [0, 0.1) is 11.3 Å². The summed E-state index contributed by atoms with van der Waals surface area (Å²) in [6, 6.07) is 20.3. The van der Waals surface area contributed by atoms with Crippen LogP contribution in [0.1, 0.15) is 18.1 Å². The van der Waals surface area contributed by atoms with E-state index in [1.165, 1.54) is 5.69 Å². The molecule has 0 atom stereocenters. The summed E-state index contributed by atoms with van der Waals surface area (Å²) in [7, 11) is 0. The maximum atomic E-state index is 8.89. The Balaban J connectivity index is 1.61. The Morgan fingerprint density at radius 2 is 1.73 bits per heavy atom. The van der Waals surface area contributed by atoms with E-state index >= 15 is 0 Å². The Morgan fingerprint density at radius 1 is 1.04 bits per heavy atom. The molecule has 0 aromatic heterocycles. The number of anilines is 1. The molecule has 134 valence electrons. The van der Waals surface area contributed by atoms with Crippen LogP contribution in [-0.2, 0) is 6.54 Å². The van der Waals surface area contributed by atoms with E-state index in [-0.39, 0.29) is 0 Å². The van der Waals surface area contributed by atoms with Crippen molar-refractivity contribution < 1.29 is 0 Å². The van der Waals surface area contributed by atoms with Gasteiger partial charge in [-0.1, -0.05) is 30.3 Å². The van der Waals surface area contributed by atoms with Gasteiger partial charge in [0.1, 0.15) is 0 Å². The maximum Gasteiger partial charge on any atom is 0.194 e. The van der Waals surface area contributed by atoms with Crippen molar-refractivity contribution in [2.24, 2.45) is 4.99 Å². The molecule has 1 aliphatic rings. The molecule has 1 fully saturated rings. The average Bonchev–Trinajstić information content (AvgIpc) is 2.72. The Morgan fingerprint density at radius 3 is 2.35 bits per heavy atom. The smallest absolute Gasteiger partial charge is 0.194 e. The van der Waals surface area contributed by atoms with Crippen LogP contribution in [0.2, 0.25) is 0 Å². The number of piperazine rings is 1. The van der Waals surface area contributed by atoms with Crippen LogP contribution in [0.15, 0.2) is 59.6 Å². The second-order valence-corrected chi connectivity index (χ2v) is 6.29. The summed E-state index contributed by atoms with van der Waals surface area (Å²) in [5.74, 6) is 0.963. The third-order valence-corrected chi connectivity index (χ3v) is 4.53. The van der Waals surface area contributed by atoms with Gasteiger partial charge < -0.3 is 15.1 Å². The van der Waals surface area contributed by atoms with Gasteiger partial charge in [-0.15, -0.1) is 0 Å². The fraction of sp³-hybridized carbons (Fsp3) is 0.333. The summed E-state index contributed by atoms with van der Waals surface area (Å²) in [6.45, 7) is 7.45. The zero-order valence-electron chi connectivity index (χ0n) is 15.2. The molecule has 5 nitrogen and oxygen atoms in total. The van der Waals surface area contributed by atoms with E-state index in [1.54, 1.807) is 0 Å². The molecule has 3 rings (SSSR count). The van der Waals surface area contributed by atoms with Gasteiger partial charge in [-0.25, -0.2) is 4.99 Å². The van der Waals surface area contributed by atoms with Gasteiger partial charge >= 0.3 is 0 Å². The Hall–Kier alpha value is -3.00. The predicted octanol–water partition coefficient (Wildman–Crippen LogP) is 2.85. The molecule has 0 amide bonds. The molecule has 1 aliphatic heterocycles. The van der Waals surface area contributed by atoms with Gasteiger partial charge in [0.2, 0.25) is 0 Å². The van der Waals surface area contributed by atoms with E-state index in [0.29, 0.717) is 12.1 Å². The Kier molecular flexibility index (Phi) is 6.10. The zero-order valence-corrected chi connectivity index (χ0v) is 15.2. The number of nitrogens with one attached hydrogen (secondary N) is 1. The largest absolute Gasteiger partial charge is 0.368 e. The molecule has 0 saturated carbocycles. The number of guanidine groups is 1. The molecule has 5 heteroatoms. The number of aliphatic imine (C=N–C) groups is 1. The third-order valence-electron chi connectivity index (χ3n) is 4.53. The van der Waals surface area contributed by atoms with Gasteiger partial charge in [-0.05, 0) is 36.8 Å². The van der Waals surface area contributed by atoms with Gasteiger partial charge in [0.25, 0.3) is 0 Å². The van der Waals surface area contributed by atoms with Crippen LogP contribution in [0.3, 0.4) is 0 Å². The number of hydrogen-bond acceptors (Lipinski definition) is 3. The van der Waals surface area contributed by atoms with E-state index < -0.39 is 0 Å². The first-order valence-electron chi connectivity index (χ1n) is 9.12. The third kappa shape index (κ3) is 4.54. The van der Waals surface area contributed by atoms with Crippen LogP contribution in [0.4, 0.5) is 5.69 Å². The van der Waals surface area contributed by atoms with Crippen LogP contribution < -0.4 is 10.2 Å². The zero-order chi connectivity index (χ0) is 18.2. The minimum Gasteiger partial charge on any atom is -0.368 e. The lowest BCUT2D eigenvalue weighted by Crippen LogP contribution is -2.52. The predicted molar refractivity (Wildman–Crippen MR) is 106 cm³/mol. The quantitative estimate of drug-likeness (QED) is 0.683. The summed E-state index contributed by atoms with van der Waals surface area (Å²) < 4.78 is 0. The maximum absolute atomic E-state index is 8.89. The second-order valence-electron chi connectivity index (χ2n) is 6.29. The average molecular weight is 347 g/mol. The molecule has 1 N–H and O–H groups in total. The van der Waals surface area contributed by atoms with Gasteiger partial charge in [0.05, 0.1) is 18.2 Å². The minimum atomic E-state index is 0.618. The summed E-state index contributed by atoms with van der Waals surface area (Å²) in [5.41, 5.74) is 3.08. The Bertz CT molecular complexity index is 753. The number of hydrogen-bond donors (Lipinski definition) is 1. The first-order chi connectivity index (χ1) is 12.8. The molecule has 2 aromatic rings. The van der Waals surface area contributed by atoms with E-state index in [4.69, 9.17) is 10.3 Å². The van der Waals surface area contributed by atoms with Crippen LogP contribution in [0.25, 0.3) is 0 Å². The lowest BCUT2D eigenvalue weighted by molar-refractivity contribution is 0.372. The SMILES string of the molecule is CCNC(=NCc1ccc(C#N)cc1)N1CCN(c2ccccc2)CC1. The van der Waals surface area contributed by atoms with E-state index in [9.17, 15) is 0 Å². The molecule has 0 spiro atoms. The standard InChI is InChI=1S/C21H25N5/c1-2-23-21(24-17-19-10-8-18(16-22)9-11-19)26-14-12-25(13-15-26)20-6-4-3-5-7-20/h3-11H,2,12-15,17H2,1H3,(H,23,24). The van der Waals surface area contributed by atoms with Crippen molar-refractivity contribution in [1.29, 1.82) is 5.26 Å². The molecule has 0 aliphatic carbocycles. The monoisotopic (exact) mass is 347 g/mol. The van der Waals surface area contributed by atoms with Crippen molar-refractivity contribution in [3.63, 3.8) is 0 Å². The van der Waals surface area contributed by atoms with Crippen molar-refractivity contribution in [3.05, 3.63) is 65.7 Å². The highest BCUT2D eigenvalue weighted by atomic mass is 15.3. The van der Waals surface area contributed by atoms with Crippen molar-refractivity contribution in [2.75, 3.05) is 37.6 Å². The van der Waals surface area contributed by atoms with Crippen molar-refractivity contribution in [3.8, 4) is 6.07 Å². The van der Waals surface area contributed by atoms with E-state index in [1.807, 2.05) is 24.3 Å². The fourth-order valence-electron chi connectivity index (χ4n) is 3.09. The summed E-state index contributed by atoms with van der Waals surface area (Å²) in [6.07, 6.45) is 0. The highest BCUT2D eigenvalue weighted by Gasteiger charge is 2.19. The number of rotatable bonds is 4. The normalized spacial score (nSPS) is 14.8. The van der Waals surface area contributed by atoms with Crippen LogP contribution >= 0.6 is 0 Å². The lowest BCUT2D eigenvalue weighted by atomic mass is 10.1. The molecule has 2 aromatic carbocycles. The van der Waals surface area contributed by atoms with Crippen molar-refractivity contribution in [2.45, 2.75) is 13.5 Å². The number of nitrogens with zero attached hydrogens (tertiary/aromatic N) is 4. The van der Waals surface area contributed by atoms with Gasteiger partial charge in [-0.2, -0.15) is 5.26 Å². The summed E-state index contributed by atoms with van der Waals surface area (Å²) in [4.78, 5) is 9.53. The number of nitriles is 1. The van der Waals surface area contributed by atoms with Gasteiger partial charge in [-0.3, -0.25) is 0 Å². The van der Waals surface area contributed by atoms with Crippen LogP contribution in [0.5, 0.6) is 0 Å². The van der Waals surface area contributed by atoms with Crippen molar-refractivity contribution >= 4 is 11.6 Å². The molecular formula is C21H25N5. The van der Waals surface area contributed by atoms with Gasteiger partial charge in [0.15, 0.2) is 5.96 Å². The summed E-state index contributed by atoms with van der Waals surface area (Å²) >= 11 is 0. The van der Waals surface area contributed by atoms with Crippen LogP contribution in [-0.4, -0.2) is 43.6 Å². The van der Waals surface area contributed by atoms with E-state index in [2.05, 4.69) is 58.4 Å². The highest BCUT2D eigenvalue weighted by molar-refractivity contribution is 5.80. The minimum absolute atomic E-state index is 0.618. The molecule has 26 heavy (non-hydrogen) atoms. The summed E-state index contributed by atoms with van der Waals surface area (Å²) in [5, 5.41) is 12.3. The van der Waals surface area contributed by atoms with E-state index in [0.717, 1.165) is 44.2 Å². The first kappa shape index (κ1) is 17.8. The fourth-order valence-corrected chi connectivity index (χ4v) is 3.09. The second kappa shape index (κ2) is 8.91. The molecule has 1 saturated heterocycles. The van der Waals surface area contributed by atoms with Gasteiger partial charge in [0, 0.05) is 38.4 Å². The first-order valence-corrected chi connectivity index (χ1v) is 9.12. The number of para-hydroxylation sites is 1. The Labute approximate surface area is 155 Å². The molecular weight excluding hydrogens is 322 g/mol. The molecule has 0 unspecified atom stereocenters. The lowest BCUT2D eigenvalue weighted by Gasteiger charge is -2.37. The highest BCUT2D eigenvalue weighted by Crippen LogP contribution is 2.15. The van der Waals surface area contributed by atoms with Crippen molar-refractivity contribution in [1.82, 2.24) is 10.2 Å².